The quantitative estimate of drug-likeness (QED) is 0.702. The van der Waals surface area contributed by atoms with Crippen molar-refractivity contribution in [3.05, 3.63) is 69.7 Å². The Morgan fingerprint density at radius 1 is 1.20 bits per heavy atom. The highest BCUT2D eigenvalue weighted by Gasteiger charge is 2.39. The van der Waals surface area contributed by atoms with Gasteiger partial charge in [0, 0.05) is 27.2 Å². The minimum Gasteiger partial charge on any atom is -0.479 e. The third kappa shape index (κ3) is 2.97. The molecule has 0 amide bonds. The summed E-state index contributed by atoms with van der Waals surface area (Å²) >= 11 is 12.7. The van der Waals surface area contributed by atoms with Gasteiger partial charge in [0.1, 0.15) is 11.8 Å². The molecule has 1 aliphatic carbocycles. The molecule has 1 heterocycles. The fraction of sp³-hybridized carbons (Fsp3) is 0.250. The predicted octanol–water partition coefficient (Wildman–Crippen LogP) is 5.72. The molecule has 1 aliphatic heterocycles. The van der Waals surface area contributed by atoms with E-state index in [1.54, 1.807) is 0 Å². The average molecular weight is 371 g/mol. The predicted molar refractivity (Wildman–Crippen MR) is 100 cm³/mol. The lowest BCUT2D eigenvalue weighted by molar-refractivity contribution is 0.367. The Bertz CT molecular complexity index is 871. The first-order valence-corrected chi connectivity index (χ1v) is 8.95. The van der Waals surface area contributed by atoms with Gasteiger partial charge < -0.3 is 10.1 Å². The van der Waals surface area contributed by atoms with Gasteiger partial charge in [-0.25, -0.2) is 0 Å². The van der Waals surface area contributed by atoms with Crippen LogP contribution in [0.4, 0.5) is 5.69 Å². The van der Waals surface area contributed by atoms with E-state index < -0.39 is 0 Å². The molecule has 0 saturated heterocycles. The van der Waals surface area contributed by atoms with Crippen molar-refractivity contribution in [2.75, 3.05) is 11.9 Å². The Balaban J connectivity index is 1.68. The normalized spacial score (nSPS) is 23.3. The van der Waals surface area contributed by atoms with Crippen molar-refractivity contribution in [1.29, 1.82) is 5.26 Å². The maximum absolute atomic E-state index is 8.61. The summed E-state index contributed by atoms with van der Waals surface area (Å²) in [7, 11) is 0. The molecule has 4 rings (SSSR count). The van der Waals surface area contributed by atoms with Crippen LogP contribution in [0, 0.1) is 17.2 Å². The van der Waals surface area contributed by atoms with Crippen molar-refractivity contribution in [3.63, 3.8) is 0 Å². The van der Waals surface area contributed by atoms with E-state index in [9.17, 15) is 0 Å². The zero-order valence-electron chi connectivity index (χ0n) is 13.4. The van der Waals surface area contributed by atoms with E-state index >= 15 is 0 Å². The van der Waals surface area contributed by atoms with Crippen molar-refractivity contribution < 1.29 is 4.74 Å². The fourth-order valence-corrected chi connectivity index (χ4v) is 4.48. The number of hydrogen-bond acceptors (Lipinski definition) is 3. The Morgan fingerprint density at radius 2 is 2.00 bits per heavy atom. The van der Waals surface area contributed by atoms with Crippen LogP contribution in [0.2, 0.25) is 10.0 Å². The third-order valence-corrected chi connectivity index (χ3v) is 5.45. The highest BCUT2D eigenvalue weighted by molar-refractivity contribution is 6.35. The van der Waals surface area contributed by atoms with Gasteiger partial charge in [0.15, 0.2) is 6.61 Å². The number of allylic oxidation sites excluding steroid dienone is 2. The van der Waals surface area contributed by atoms with Crippen LogP contribution in [-0.2, 0) is 0 Å². The van der Waals surface area contributed by atoms with Gasteiger partial charge in [0.25, 0.3) is 0 Å². The van der Waals surface area contributed by atoms with Crippen LogP contribution in [-0.4, -0.2) is 6.61 Å². The van der Waals surface area contributed by atoms with Crippen LogP contribution in [0.5, 0.6) is 5.75 Å². The highest BCUT2D eigenvalue weighted by atomic mass is 35.5. The van der Waals surface area contributed by atoms with Gasteiger partial charge in [-0.05, 0) is 42.2 Å². The molecule has 0 saturated carbocycles. The minimum atomic E-state index is 0.0556. The maximum atomic E-state index is 8.61. The lowest BCUT2D eigenvalue weighted by Gasteiger charge is -2.38. The molecule has 0 spiro atoms. The molecular formula is C20H16Cl2N2O. The number of nitrogens with one attached hydrogen (secondary N) is 1. The molecule has 0 bridgehead atoms. The Morgan fingerprint density at radius 3 is 2.76 bits per heavy atom. The number of hydrogen-bond donors (Lipinski definition) is 1. The zero-order chi connectivity index (χ0) is 17.4. The smallest absolute Gasteiger partial charge is 0.174 e. The van der Waals surface area contributed by atoms with E-state index in [-0.39, 0.29) is 12.6 Å². The van der Waals surface area contributed by atoms with Crippen LogP contribution in [0.1, 0.15) is 29.5 Å². The van der Waals surface area contributed by atoms with Crippen molar-refractivity contribution in [3.8, 4) is 11.8 Å². The Kier molecular flexibility index (Phi) is 4.33. The summed E-state index contributed by atoms with van der Waals surface area (Å²) in [6.45, 7) is 0.0556. The van der Waals surface area contributed by atoms with Crippen molar-refractivity contribution in [2.24, 2.45) is 5.92 Å². The van der Waals surface area contributed by atoms with Crippen LogP contribution < -0.4 is 10.1 Å². The number of anilines is 1. The van der Waals surface area contributed by atoms with E-state index in [0.717, 1.165) is 22.7 Å². The molecule has 3 atom stereocenters. The number of nitrogens with zero attached hydrogens (tertiary/aromatic N) is 1. The van der Waals surface area contributed by atoms with Gasteiger partial charge in [-0.15, -0.1) is 0 Å². The summed E-state index contributed by atoms with van der Waals surface area (Å²) in [5, 5.41) is 13.6. The van der Waals surface area contributed by atoms with Gasteiger partial charge in [-0.2, -0.15) is 5.26 Å². The molecule has 2 aromatic carbocycles. The first-order chi connectivity index (χ1) is 12.2. The molecule has 0 radical (unpaired) electrons. The molecule has 0 fully saturated rings. The van der Waals surface area contributed by atoms with Gasteiger partial charge >= 0.3 is 0 Å². The molecule has 126 valence electrons. The highest BCUT2D eigenvalue weighted by Crippen LogP contribution is 2.52. The van der Waals surface area contributed by atoms with Crippen molar-refractivity contribution >= 4 is 28.9 Å². The van der Waals surface area contributed by atoms with E-state index in [4.69, 9.17) is 33.2 Å². The van der Waals surface area contributed by atoms with Crippen molar-refractivity contribution in [2.45, 2.75) is 18.4 Å². The Labute approximate surface area is 156 Å². The van der Waals surface area contributed by atoms with E-state index in [1.807, 2.05) is 30.3 Å². The van der Waals surface area contributed by atoms with E-state index in [0.29, 0.717) is 22.6 Å². The second-order valence-electron chi connectivity index (χ2n) is 6.34. The molecule has 0 aromatic heterocycles. The van der Waals surface area contributed by atoms with E-state index in [2.05, 4.69) is 29.6 Å². The number of nitriles is 1. The average Bonchev–Trinajstić information content (AvgIpc) is 3.08. The number of rotatable bonds is 3. The van der Waals surface area contributed by atoms with Crippen molar-refractivity contribution in [1.82, 2.24) is 0 Å². The second kappa shape index (κ2) is 6.63. The van der Waals surface area contributed by atoms with Crippen LogP contribution in [0.15, 0.2) is 48.6 Å². The van der Waals surface area contributed by atoms with E-state index in [1.165, 1.54) is 5.56 Å². The molecule has 0 unspecified atom stereocenters. The summed E-state index contributed by atoms with van der Waals surface area (Å²) in [4.78, 5) is 0. The first-order valence-electron chi connectivity index (χ1n) is 8.19. The molecule has 2 aromatic rings. The SMILES string of the molecule is N#CCOc1ccc([C@@H]2Nc3cc(Cl)cc(Cl)c3[C@H]3C=CC[C@H]32)cc1. The summed E-state index contributed by atoms with van der Waals surface area (Å²) < 4.78 is 5.34. The van der Waals surface area contributed by atoms with Crippen LogP contribution in [0.3, 0.4) is 0 Å². The number of halogens is 2. The maximum Gasteiger partial charge on any atom is 0.174 e. The standard InChI is InChI=1S/C20H16Cl2N2O/c21-13-10-17(22)19-15-2-1-3-16(15)20(24-18(19)11-13)12-4-6-14(7-5-12)25-9-8-23/h1-2,4-7,10-11,15-16,20,24H,3,9H2/t15-,16+,20-/m0/s1. The number of fused-ring (bicyclic) bond motifs is 3. The summed E-state index contributed by atoms with van der Waals surface area (Å²) in [5.41, 5.74) is 3.32. The molecule has 2 aliphatic rings. The molecule has 25 heavy (non-hydrogen) atoms. The molecule has 1 N–H and O–H groups in total. The largest absolute Gasteiger partial charge is 0.479 e. The number of ether oxygens (including phenoxy) is 1. The summed E-state index contributed by atoms with van der Waals surface area (Å²) in [6, 6.07) is 13.8. The van der Waals surface area contributed by atoms with Crippen LogP contribution in [0.25, 0.3) is 0 Å². The monoisotopic (exact) mass is 370 g/mol. The topological polar surface area (TPSA) is 45.0 Å². The van der Waals surface area contributed by atoms with Gasteiger partial charge in [0.2, 0.25) is 0 Å². The second-order valence-corrected chi connectivity index (χ2v) is 7.18. The fourth-order valence-electron chi connectivity index (χ4n) is 3.86. The van der Waals surface area contributed by atoms with Gasteiger partial charge in [-0.1, -0.05) is 47.5 Å². The van der Waals surface area contributed by atoms with Gasteiger partial charge in [-0.3, -0.25) is 0 Å². The lowest BCUT2D eigenvalue weighted by Crippen LogP contribution is -2.29. The summed E-state index contributed by atoms with van der Waals surface area (Å²) in [5.74, 6) is 1.41. The Hall–Kier alpha value is -2.15. The minimum absolute atomic E-state index is 0.0556. The zero-order valence-corrected chi connectivity index (χ0v) is 14.9. The van der Waals surface area contributed by atoms with Gasteiger partial charge in [0.05, 0.1) is 6.04 Å². The molecular weight excluding hydrogens is 355 g/mol. The lowest BCUT2D eigenvalue weighted by atomic mass is 9.77. The van der Waals surface area contributed by atoms with Crippen LogP contribution >= 0.6 is 23.2 Å². The summed E-state index contributed by atoms with van der Waals surface area (Å²) in [6.07, 6.45) is 5.49. The molecule has 3 nitrogen and oxygen atoms in total. The number of benzene rings is 2. The molecule has 5 heteroatoms. The third-order valence-electron chi connectivity index (χ3n) is 4.92. The first kappa shape index (κ1) is 16.3.